The molecular formula is C13H19N5O2S. The topological polar surface area (TPSA) is 103 Å². The van der Waals surface area contributed by atoms with Gasteiger partial charge in [-0.1, -0.05) is 24.3 Å². The Bertz CT molecular complexity index is 679. The Morgan fingerprint density at radius 2 is 1.90 bits per heavy atom. The van der Waals surface area contributed by atoms with Crippen molar-refractivity contribution in [3.8, 4) is 0 Å². The molecule has 0 bridgehead atoms. The fraction of sp³-hybridized carbons (Fsp3) is 0.385. The fourth-order valence-corrected chi connectivity index (χ4v) is 3.04. The van der Waals surface area contributed by atoms with Crippen LogP contribution in [0, 0.1) is 0 Å². The van der Waals surface area contributed by atoms with Crippen LogP contribution in [0.25, 0.3) is 0 Å². The Hall–Kier alpha value is -1.77. The molecule has 0 radical (unpaired) electrons. The highest BCUT2D eigenvalue weighted by atomic mass is 32.2. The van der Waals surface area contributed by atoms with E-state index in [0.717, 1.165) is 17.0 Å². The minimum Gasteiger partial charge on any atom is -0.326 e. The van der Waals surface area contributed by atoms with Crippen LogP contribution in [-0.4, -0.2) is 29.7 Å². The van der Waals surface area contributed by atoms with E-state index in [2.05, 4.69) is 14.9 Å². The standard InChI is InChI=1S/C13H19N5O2S/c1-18-10-15-17-13(18)6-7-16-21(19,20)9-12-4-2-11(8-14)3-5-12/h2-5,10,16H,6-9,14H2,1H3. The summed E-state index contributed by atoms with van der Waals surface area (Å²) in [5, 5.41) is 7.65. The number of hydrogen-bond donors (Lipinski definition) is 2. The molecule has 1 aromatic heterocycles. The number of sulfonamides is 1. The second-order valence-electron chi connectivity index (χ2n) is 4.78. The SMILES string of the molecule is Cn1cnnc1CCNS(=O)(=O)Cc1ccc(CN)cc1. The van der Waals surface area contributed by atoms with E-state index in [9.17, 15) is 8.42 Å². The summed E-state index contributed by atoms with van der Waals surface area (Å²) in [5.74, 6) is 0.696. The van der Waals surface area contributed by atoms with Gasteiger partial charge in [0.25, 0.3) is 0 Å². The molecule has 2 aromatic rings. The van der Waals surface area contributed by atoms with E-state index in [-0.39, 0.29) is 5.75 Å². The van der Waals surface area contributed by atoms with Crippen molar-refractivity contribution in [1.29, 1.82) is 0 Å². The lowest BCUT2D eigenvalue weighted by molar-refractivity contribution is 0.579. The molecule has 7 nitrogen and oxygen atoms in total. The molecule has 0 saturated heterocycles. The van der Waals surface area contributed by atoms with E-state index < -0.39 is 10.0 Å². The van der Waals surface area contributed by atoms with Crippen LogP contribution in [0.4, 0.5) is 0 Å². The Morgan fingerprint density at radius 1 is 1.24 bits per heavy atom. The number of nitrogens with zero attached hydrogens (tertiary/aromatic N) is 3. The molecule has 0 unspecified atom stereocenters. The summed E-state index contributed by atoms with van der Waals surface area (Å²) in [6.07, 6.45) is 2.09. The normalized spacial score (nSPS) is 11.7. The first kappa shape index (κ1) is 15.6. The average molecular weight is 309 g/mol. The lowest BCUT2D eigenvalue weighted by atomic mass is 10.1. The predicted octanol–water partition coefficient (Wildman–Crippen LogP) is -0.0641. The van der Waals surface area contributed by atoms with Crippen LogP contribution in [0.2, 0.25) is 0 Å². The van der Waals surface area contributed by atoms with Gasteiger partial charge >= 0.3 is 0 Å². The molecule has 8 heteroatoms. The van der Waals surface area contributed by atoms with Gasteiger partial charge in [-0.25, -0.2) is 13.1 Å². The molecule has 3 N–H and O–H groups in total. The lowest BCUT2D eigenvalue weighted by Gasteiger charge is -2.07. The molecule has 0 aliphatic heterocycles. The Labute approximate surface area is 124 Å². The summed E-state index contributed by atoms with van der Waals surface area (Å²) >= 11 is 0. The third-order valence-corrected chi connectivity index (χ3v) is 4.45. The minimum absolute atomic E-state index is 0.0450. The summed E-state index contributed by atoms with van der Waals surface area (Å²) < 4.78 is 28.3. The number of rotatable bonds is 7. The van der Waals surface area contributed by atoms with Crippen LogP contribution in [-0.2, 0) is 35.8 Å². The van der Waals surface area contributed by atoms with E-state index in [1.807, 2.05) is 19.2 Å². The second kappa shape index (κ2) is 6.79. The highest BCUT2D eigenvalue weighted by molar-refractivity contribution is 7.88. The van der Waals surface area contributed by atoms with Crippen molar-refractivity contribution in [3.63, 3.8) is 0 Å². The maximum Gasteiger partial charge on any atom is 0.215 e. The first-order chi connectivity index (χ1) is 10.00. The highest BCUT2D eigenvalue weighted by Gasteiger charge is 2.11. The molecule has 0 saturated carbocycles. The van der Waals surface area contributed by atoms with E-state index >= 15 is 0 Å². The molecule has 1 heterocycles. The Kier molecular flexibility index (Phi) is 5.05. The van der Waals surface area contributed by atoms with Gasteiger partial charge < -0.3 is 10.3 Å². The number of aryl methyl sites for hydroxylation is 1. The van der Waals surface area contributed by atoms with Crippen LogP contribution >= 0.6 is 0 Å². The maximum atomic E-state index is 12.0. The van der Waals surface area contributed by atoms with Gasteiger partial charge in [0.2, 0.25) is 10.0 Å². The van der Waals surface area contributed by atoms with Gasteiger partial charge in [-0.3, -0.25) is 0 Å². The van der Waals surface area contributed by atoms with Crippen LogP contribution in [0.3, 0.4) is 0 Å². The van der Waals surface area contributed by atoms with Crippen LogP contribution in [0.5, 0.6) is 0 Å². The van der Waals surface area contributed by atoms with Crippen molar-refractivity contribution in [2.45, 2.75) is 18.7 Å². The summed E-state index contributed by atoms with van der Waals surface area (Å²) in [6, 6.07) is 7.24. The first-order valence-corrected chi connectivity index (χ1v) is 8.23. The Balaban J connectivity index is 1.88. The number of aromatic nitrogens is 3. The zero-order valence-corrected chi connectivity index (χ0v) is 12.7. The zero-order valence-electron chi connectivity index (χ0n) is 11.9. The van der Waals surface area contributed by atoms with E-state index in [4.69, 9.17) is 5.73 Å². The van der Waals surface area contributed by atoms with Gasteiger partial charge in [0, 0.05) is 26.6 Å². The molecule has 0 spiro atoms. The van der Waals surface area contributed by atoms with Crippen molar-refractivity contribution >= 4 is 10.0 Å². The predicted molar refractivity (Wildman–Crippen MR) is 79.7 cm³/mol. The molecule has 21 heavy (non-hydrogen) atoms. The molecule has 114 valence electrons. The zero-order chi connectivity index (χ0) is 15.3. The van der Waals surface area contributed by atoms with E-state index in [1.165, 1.54) is 0 Å². The quantitative estimate of drug-likeness (QED) is 0.745. The largest absolute Gasteiger partial charge is 0.326 e. The van der Waals surface area contributed by atoms with Crippen LogP contribution in [0.1, 0.15) is 17.0 Å². The van der Waals surface area contributed by atoms with Crippen molar-refractivity contribution in [2.24, 2.45) is 12.8 Å². The first-order valence-electron chi connectivity index (χ1n) is 6.58. The van der Waals surface area contributed by atoms with E-state index in [1.54, 1.807) is 23.0 Å². The highest BCUT2D eigenvalue weighted by Crippen LogP contribution is 2.07. The molecular weight excluding hydrogens is 290 g/mol. The maximum absolute atomic E-state index is 12.0. The van der Waals surface area contributed by atoms with Crippen molar-refractivity contribution in [3.05, 3.63) is 47.5 Å². The van der Waals surface area contributed by atoms with Crippen LogP contribution in [0.15, 0.2) is 30.6 Å². The third-order valence-electron chi connectivity index (χ3n) is 3.09. The molecule has 0 fully saturated rings. The Morgan fingerprint density at radius 3 is 2.48 bits per heavy atom. The van der Waals surface area contributed by atoms with Crippen molar-refractivity contribution in [2.75, 3.05) is 6.54 Å². The van der Waals surface area contributed by atoms with Gasteiger partial charge in [0.1, 0.15) is 12.2 Å². The summed E-state index contributed by atoms with van der Waals surface area (Å²) in [5.41, 5.74) is 7.22. The van der Waals surface area contributed by atoms with Gasteiger partial charge in [0.05, 0.1) is 5.75 Å². The molecule has 0 amide bonds. The van der Waals surface area contributed by atoms with Crippen molar-refractivity contribution < 1.29 is 8.42 Å². The molecule has 0 aliphatic carbocycles. The fourth-order valence-electron chi connectivity index (χ4n) is 1.89. The summed E-state index contributed by atoms with van der Waals surface area (Å²) in [7, 11) is -1.54. The number of nitrogens with two attached hydrogens (primary N) is 1. The minimum atomic E-state index is -3.36. The van der Waals surface area contributed by atoms with Crippen molar-refractivity contribution in [1.82, 2.24) is 19.5 Å². The van der Waals surface area contributed by atoms with Gasteiger partial charge in [-0.05, 0) is 11.1 Å². The average Bonchev–Trinajstić information content (AvgIpc) is 2.85. The smallest absolute Gasteiger partial charge is 0.215 e. The van der Waals surface area contributed by atoms with Gasteiger partial charge in [-0.15, -0.1) is 10.2 Å². The molecule has 1 aromatic carbocycles. The lowest BCUT2D eigenvalue weighted by Crippen LogP contribution is -2.27. The monoisotopic (exact) mass is 309 g/mol. The molecule has 2 rings (SSSR count). The van der Waals surface area contributed by atoms with Crippen LogP contribution < -0.4 is 10.5 Å². The van der Waals surface area contributed by atoms with Gasteiger partial charge in [-0.2, -0.15) is 0 Å². The summed E-state index contributed by atoms with van der Waals surface area (Å²) in [6.45, 7) is 0.749. The number of nitrogens with one attached hydrogen (secondary N) is 1. The van der Waals surface area contributed by atoms with Gasteiger partial charge in [0.15, 0.2) is 0 Å². The molecule has 0 atom stereocenters. The third kappa shape index (κ3) is 4.62. The molecule has 0 aliphatic rings. The number of hydrogen-bond acceptors (Lipinski definition) is 5. The number of benzene rings is 1. The summed E-state index contributed by atoms with van der Waals surface area (Å²) in [4.78, 5) is 0. The van der Waals surface area contributed by atoms with E-state index in [0.29, 0.717) is 19.5 Å². The second-order valence-corrected chi connectivity index (χ2v) is 6.59.